The number of rotatable bonds is 6. The van der Waals surface area contributed by atoms with Crippen molar-refractivity contribution in [2.45, 2.75) is 6.04 Å². The van der Waals surface area contributed by atoms with E-state index in [-0.39, 0.29) is 18.6 Å². The molecule has 31 heavy (non-hydrogen) atoms. The number of piperazine rings is 1. The fourth-order valence-electron chi connectivity index (χ4n) is 3.88. The van der Waals surface area contributed by atoms with E-state index in [0.717, 1.165) is 22.1 Å². The highest BCUT2D eigenvalue weighted by atomic mass is 16.5. The Balaban J connectivity index is 1.31. The van der Waals surface area contributed by atoms with Crippen molar-refractivity contribution in [2.75, 3.05) is 39.9 Å². The fourth-order valence-corrected chi connectivity index (χ4v) is 3.88. The lowest BCUT2D eigenvalue weighted by Crippen LogP contribution is -2.50. The van der Waals surface area contributed by atoms with E-state index in [1.165, 1.54) is 0 Å². The van der Waals surface area contributed by atoms with Crippen molar-refractivity contribution in [2.24, 2.45) is 0 Å². The van der Waals surface area contributed by atoms with E-state index in [9.17, 15) is 10.1 Å². The number of hydrogen-bond donors (Lipinski definition) is 0. The van der Waals surface area contributed by atoms with Gasteiger partial charge in [0.2, 0.25) is 0 Å². The molecular formula is C25H25N3O3. The Labute approximate surface area is 182 Å². The average Bonchev–Trinajstić information content (AvgIpc) is 2.83. The molecule has 0 bridgehead atoms. The maximum atomic E-state index is 12.6. The monoisotopic (exact) mass is 415 g/mol. The smallest absolute Gasteiger partial charge is 0.260 e. The predicted octanol–water partition coefficient (Wildman–Crippen LogP) is 3.64. The molecule has 0 aromatic heterocycles. The summed E-state index contributed by atoms with van der Waals surface area (Å²) in [4.78, 5) is 16.5. The Morgan fingerprint density at radius 3 is 2.32 bits per heavy atom. The Bertz CT molecular complexity index is 1080. The highest BCUT2D eigenvalue weighted by Gasteiger charge is 2.27. The normalized spacial score (nSPS) is 15.3. The van der Waals surface area contributed by atoms with Crippen molar-refractivity contribution in [1.29, 1.82) is 5.26 Å². The van der Waals surface area contributed by atoms with Crippen LogP contribution in [-0.2, 0) is 4.79 Å². The molecule has 0 saturated carbocycles. The van der Waals surface area contributed by atoms with Gasteiger partial charge in [-0.25, -0.2) is 0 Å². The molecule has 3 aromatic carbocycles. The van der Waals surface area contributed by atoms with Crippen LogP contribution in [-0.4, -0.2) is 55.6 Å². The van der Waals surface area contributed by atoms with Gasteiger partial charge in [-0.2, -0.15) is 5.26 Å². The van der Waals surface area contributed by atoms with Gasteiger partial charge in [0.1, 0.15) is 17.5 Å². The van der Waals surface area contributed by atoms with E-state index in [4.69, 9.17) is 9.47 Å². The van der Waals surface area contributed by atoms with Gasteiger partial charge in [0.05, 0.1) is 13.2 Å². The minimum absolute atomic E-state index is 0.0124. The zero-order valence-corrected chi connectivity index (χ0v) is 17.5. The number of carbonyl (C=O) groups excluding carboxylic acids is 1. The van der Waals surface area contributed by atoms with Gasteiger partial charge in [0.25, 0.3) is 5.91 Å². The summed E-state index contributed by atoms with van der Waals surface area (Å²) in [5, 5.41) is 11.9. The molecule has 1 aliphatic heterocycles. The van der Waals surface area contributed by atoms with Gasteiger partial charge >= 0.3 is 0 Å². The first-order chi connectivity index (χ1) is 15.2. The van der Waals surface area contributed by atoms with Gasteiger partial charge in [0, 0.05) is 26.2 Å². The van der Waals surface area contributed by atoms with Crippen LogP contribution in [0.15, 0.2) is 66.7 Å². The first kappa shape index (κ1) is 20.7. The molecule has 1 amide bonds. The Hall–Kier alpha value is -3.56. The van der Waals surface area contributed by atoms with Crippen molar-refractivity contribution < 1.29 is 14.3 Å². The molecular weight excluding hydrogens is 390 g/mol. The van der Waals surface area contributed by atoms with Gasteiger partial charge in [0.15, 0.2) is 6.61 Å². The zero-order valence-electron chi connectivity index (χ0n) is 17.5. The summed E-state index contributed by atoms with van der Waals surface area (Å²) in [5.74, 6) is 1.42. The molecule has 0 N–H and O–H groups in total. The third-order valence-electron chi connectivity index (χ3n) is 5.67. The summed E-state index contributed by atoms with van der Waals surface area (Å²) in [6.07, 6.45) is 0. The topological polar surface area (TPSA) is 65.8 Å². The number of fused-ring (bicyclic) bond motifs is 1. The summed E-state index contributed by atoms with van der Waals surface area (Å²) in [6.45, 7) is 2.46. The fraction of sp³-hybridized carbons (Fsp3) is 0.280. The van der Waals surface area contributed by atoms with Gasteiger partial charge in [-0.1, -0.05) is 42.5 Å². The van der Waals surface area contributed by atoms with E-state index in [1.54, 1.807) is 12.0 Å². The molecule has 158 valence electrons. The summed E-state index contributed by atoms with van der Waals surface area (Å²) in [7, 11) is 1.62. The molecule has 1 unspecified atom stereocenters. The van der Waals surface area contributed by atoms with E-state index in [2.05, 4.69) is 11.0 Å². The van der Waals surface area contributed by atoms with Gasteiger partial charge in [-0.3, -0.25) is 9.69 Å². The molecule has 0 spiro atoms. The number of methoxy groups -OCH3 is 1. The molecule has 1 heterocycles. The second-order valence-corrected chi connectivity index (χ2v) is 7.52. The Morgan fingerprint density at radius 1 is 0.968 bits per heavy atom. The quantitative estimate of drug-likeness (QED) is 0.615. The number of nitriles is 1. The maximum absolute atomic E-state index is 12.6. The third kappa shape index (κ3) is 4.79. The van der Waals surface area contributed by atoms with E-state index in [1.807, 2.05) is 66.7 Å². The minimum Gasteiger partial charge on any atom is -0.497 e. The van der Waals surface area contributed by atoms with Crippen molar-refractivity contribution in [3.8, 4) is 17.6 Å². The molecule has 1 atom stereocenters. The molecule has 0 aliphatic carbocycles. The lowest BCUT2D eigenvalue weighted by molar-refractivity contribution is -0.135. The first-order valence-electron chi connectivity index (χ1n) is 10.3. The molecule has 6 heteroatoms. The molecule has 6 nitrogen and oxygen atoms in total. The SMILES string of the molecule is COc1ccc(C(C#N)N2CCN(C(=O)COc3ccc4ccccc4c3)CC2)cc1. The average molecular weight is 415 g/mol. The first-order valence-corrected chi connectivity index (χ1v) is 10.3. The van der Waals surface area contributed by atoms with Crippen LogP contribution in [0.25, 0.3) is 10.8 Å². The van der Waals surface area contributed by atoms with Crippen molar-refractivity contribution in [1.82, 2.24) is 9.80 Å². The second kappa shape index (κ2) is 9.50. The summed E-state index contributed by atoms with van der Waals surface area (Å²) in [5.41, 5.74) is 0.933. The van der Waals surface area contributed by atoms with Crippen LogP contribution in [0.2, 0.25) is 0 Å². The van der Waals surface area contributed by atoms with E-state index < -0.39 is 0 Å². The predicted molar refractivity (Wildman–Crippen MR) is 119 cm³/mol. The Morgan fingerprint density at radius 2 is 1.65 bits per heavy atom. The molecule has 1 fully saturated rings. The van der Waals surface area contributed by atoms with Gasteiger partial charge < -0.3 is 14.4 Å². The number of hydrogen-bond acceptors (Lipinski definition) is 5. The maximum Gasteiger partial charge on any atom is 0.260 e. The third-order valence-corrected chi connectivity index (χ3v) is 5.67. The number of nitrogens with zero attached hydrogens (tertiary/aromatic N) is 3. The summed E-state index contributed by atoms with van der Waals surface area (Å²) < 4.78 is 10.9. The summed E-state index contributed by atoms with van der Waals surface area (Å²) in [6, 6.07) is 23.5. The number of carbonyl (C=O) groups is 1. The number of amides is 1. The lowest BCUT2D eigenvalue weighted by Gasteiger charge is -2.37. The zero-order chi connectivity index (χ0) is 21.6. The van der Waals surface area contributed by atoms with Crippen LogP contribution >= 0.6 is 0 Å². The van der Waals surface area contributed by atoms with E-state index in [0.29, 0.717) is 31.9 Å². The van der Waals surface area contributed by atoms with Crippen molar-refractivity contribution in [3.05, 3.63) is 72.3 Å². The van der Waals surface area contributed by atoms with Crippen molar-refractivity contribution in [3.63, 3.8) is 0 Å². The van der Waals surface area contributed by atoms with Gasteiger partial charge in [-0.05, 0) is 40.6 Å². The Kier molecular flexibility index (Phi) is 6.34. The molecule has 4 rings (SSSR count). The van der Waals surface area contributed by atoms with E-state index >= 15 is 0 Å². The molecule has 1 saturated heterocycles. The van der Waals surface area contributed by atoms with Crippen LogP contribution in [0.4, 0.5) is 0 Å². The van der Waals surface area contributed by atoms with Crippen molar-refractivity contribution >= 4 is 16.7 Å². The largest absolute Gasteiger partial charge is 0.497 e. The molecule has 3 aromatic rings. The lowest BCUT2D eigenvalue weighted by atomic mass is 10.1. The standard InChI is InChI=1S/C25H25N3O3/c1-30-22-9-7-20(8-10-22)24(17-26)27-12-14-28(15-13-27)25(29)18-31-23-11-6-19-4-2-3-5-21(19)16-23/h2-11,16,24H,12-15,18H2,1H3. The van der Waals surface area contributed by atoms with Gasteiger partial charge in [-0.15, -0.1) is 0 Å². The highest BCUT2D eigenvalue weighted by molar-refractivity contribution is 5.84. The van der Waals surface area contributed by atoms with Crippen LogP contribution < -0.4 is 9.47 Å². The second-order valence-electron chi connectivity index (χ2n) is 7.52. The van der Waals surface area contributed by atoms with Crippen LogP contribution in [0, 0.1) is 11.3 Å². The molecule has 1 aliphatic rings. The number of benzene rings is 3. The molecule has 0 radical (unpaired) electrons. The minimum atomic E-state index is -0.336. The van der Waals surface area contributed by atoms with Crippen LogP contribution in [0.3, 0.4) is 0 Å². The number of ether oxygens (including phenoxy) is 2. The van der Waals surface area contributed by atoms with Crippen LogP contribution in [0.1, 0.15) is 11.6 Å². The highest BCUT2D eigenvalue weighted by Crippen LogP contribution is 2.24. The summed E-state index contributed by atoms with van der Waals surface area (Å²) >= 11 is 0. The van der Waals surface area contributed by atoms with Crippen LogP contribution in [0.5, 0.6) is 11.5 Å².